The lowest BCUT2D eigenvalue weighted by Gasteiger charge is -2.23. The van der Waals surface area contributed by atoms with Gasteiger partial charge in [-0.25, -0.2) is 0 Å². The van der Waals surface area contributed by atoms with Gasteiger partial charge in [0, 0.05) is 18.4 Å². The summed E-state index contributed by atoms with van der Waals surface area (Å²) in [5.41, 5.74) is 0. The lowest BCUT2D eigenvalue weighted by Crippen LogP contribution is -2.29. The van der Waals surface area contributed by atoms with E-state index in [1.54, 1.807) is 0 Å². The molecule has 0 aromatic rings. The molecule has 2 nitrogen and oxygen atoms in total. The van der Waals surface area contributed by atoms with Crippen LogP contribution in [-0.4, -0.2) is 23.6 Å². The smallest absolute Gasteiger partial charge is 0.302 e. The summed E-state index contributed by atoms with van der Waals surface area (Å²) in [6.07, 6.45) is 0.220. The minimum Gasteiger partial charge on any atom is -0.461 e. The first-order valence-corrected chi connectivity index (χ1v) is 3.69. The first-order valence-electron chi connectivity index (χ1n) is 2.54. The largest absolute Gasteiger partial charge is 0.461 e. The Hall–Kier alpha value is -0.180. The van der Waals surface area contributed by atoms with Crippen molar-refractivity contribution in [2.75, 3.05) is 11.5 Å². The molecule has 8 heavy (non-hydrogen) atoms. The van der Waals surface area contributed by atoms with Crippen molar-refractivity contribution in [2.24, 2.45) is 0 Å². The first kappa shape index (κ1) is 5.95. The Labute approximate surface area is 52.6 Å². The summed E-state index contributed by atoms with van der Waals surface area (Å²) in [5, 5.41) is 0. The van der Waals surface area contributed by atoms with Crippen LogP contribution in [0, 0.1) is 0 Å². The van der Waals surface area contributed by atoms with Crippen LogP contribution in [0.3, 0.4) is 0 Å². The quantitative estimate of drug-likeness (QED) is 0.490. The second-order valence-corrected chi connectivity index (χ2v) is 2.84. The second kappa shape index (κ2) is 2.40. The van der Waals surface area contributed by atoms with Gasteiger partial charge in [-0.3, -0.25) is 4.79 Å². The van der Waals surface area contributed by atoms with Crippen molar-refractivity contribution < 1.29 is 9.53 Å². The SMILES string of the molecule is CC(=O)OC1CSC1. The zero-order chi connectivity index (χ0) is 5.98. The molecule has 0 aromatic heterocycles. The summed E-state index contributed by atoms with van der Waals surface area (Å²) < 4.78 is 4.83. The van der Waals surface area contributed by atoms with Gasteiger partial charge in [0.1, 0.15) is 6.10 Å². The van der Waals surface area contributed by atoms with E-state index < -0.39 is 0 Å². The highest BCUT2D eigenvalue weighted by Gasteiger charge is 2.20. The Morgan fingerprint density at radius 2 is 2.38 bits per heavy atom. The highest BCUT2D eigenvalue weighted by molar-refractivity contribution is 8.00. The Kier molecular flexibility index (Phi) is 1.78. The third-order valence-electron chi connectivity index (χ3n) is 0.940. The van der Waals surface area contributed by atoms with Gasteiger partial charge in [-0.2, -0.15) is 11.8 Å². The molecule has 0 radical (unpaired) electrons. The van der Waals surface area contributed by atoms with Crippen molar-refractivity contribution in [1.82, 2.24) is 0 Å². The molecule has 46 valence electrons. The number of hydrogen-bond donors (Lipinski definition) is 0. The molecule has 1 aliphatic rings. The first-order chi connectivity index (χ1) is 3.79. The molecule has 1 heterocycles. The monoisotopic (exact) mass is 132 g/mol. The minimum absolute atomic E-state index is 0.157. The maximum Gasteiger partial charge on any atom is 0.302 e. The molecule has 0 aromatic carbocycles. The van der Waals surface area contributed by atoms with Gasteiger partial charge in [0.2, 0.25) is 0 Å². The molecule has 1 fully saturated rings. The van der Waals surface area contributed by atoms with Crippen molar-refractivity contribution in [3.8, 4) is 0 Å². The third-order valence-corrected chi connectivity index (χ3v) is 2.16. The fourth-order valence-corrected chi connectivity index (χ4v) is 1.08. The summed E-state index contributed by atoms with van der Waals surface area (Å²) in [5.74, 6) is 1.81. The Bertz CT molecular complexity index is 98.6. The van der Waals surface area contributed by atoms with Gasteiger partial charge >= 0.3 is 5.97 Å². The van der Waals surface area contributed by atoms with E-state index in [-0.39, 0.29) is 12.1 Å². The molecule has 3 heteroatoms. The van der Waals surface area contributed by atoms with E-state index in [2.05, 4.69) is 0 Å². The summed E-state index contributed by atoms with van der Waals surface area (Å²) in [4.78, 5) is 10.2. The van der Waals surface area contributed by atoms with Gasteiger partial charge in [-0.05, 0) is 0 Å². The van der Waals surface area contributed by atoms with Crippen molar-refractivity contribution in [2.45, 2.75) is 13.0 Å². The summed E-state index contributed by atoms with van der Waals surface area (Å²) in [7, 11) is 0. The molecule has 1 rings (SSSR count). The lowest BCUT2D eigenvalue weighted by molar-refractivity contribution is -0.144. The Morgan fingerprint density at radius 1 is 1.75 bits per heavy atom. The predicted molar refractivity (Wildman–Crippen MR) is 32.9 cm³/mol. The van der Waals surface area contributed by atoms with Crippen LogP contribution in [0.15, 0.2) is 0 Å². The third kappa shape index (κ3) is 1.40. The number of rotatable bonds is 1. The normalized spacial score (nSPS) is 19.6. The molecule has 0 N–H and O–H groups in total. The number of hydrogen-bond acceptors (Lipinski definition) is 3. The van der Waals surface area contributed by atoms with Crippen LogP contribution in [0.1, 0.15) is 6.92 Å². The van der Waals surface area contributed by atoms with E-state index in [9.17, 15) is 4.79 Å². The Balaban J connectivity index is 2.09. The van der Waals surface area contributed by atoms with Crippen LogP contribution in [-0.2, 0) is 9.53 Å². The second-order valence-electron chi connectivity index (χ2n) is 1.77. The average Bonchev–Trinajstić information content (AvgIpc) is 1.55. The molecule has 1 aliphatic heterocycles. The molecule has 1 saturated heterocycles. The van der Waals surface area contributed by atoms with Gasteiger partial charge in [-0.15, -0.1) is 0 Å². The van der Waals surface area contributed by atoms with Crippen LogP contribution < -0.4 is 0 Å². The van der Waals surface area contributed by atoms with E-state index >= 15 is 0 Å². The summed E-state index contributed by atoms with van der Waals surface area (Å²) in [6, 6.07) is 0. The fraction of sp³-hybridized carbons (Fsp3) is 0.800. The lowest BCUT2D eigenvalue weighted by atomic mass is 10.4. The number of ether oxygens (including phenoxy) is 1. The standard InChI is InChI=1S/C5H8O2S/c1-4(6)7-5-2-8-3-5/h5H,2-3H2,1H3. The van der Waals surface area contributed by atoms with Crippen LogP contribution in [0.4, 0.5) is 0 Å². The average molecular weight is 132 g/mol. The molecule has 0 aliphatic carbocycles. The molecule has 0 spiro atoms. The van der Waals surface area contributed by atoms with Gasteiger partial charge in [0.15, 0.2) is 0 Å². The topological polar surface area (TPSA) is 26.3 Å². The van der Waals surface area contributed by atoms with Crippen LogP contribution in [0.2, 0.25) is 0 Å². The molecular weight excluding hydrogens is 124 g/mol. The van der Waals surface area contributed by atoms with Crippen molar-refractivity contribution in [3.63, 3.8) is 0 Å². The van der Waals surface area contributed by atoms with E-state index in [1.165, 1.54) is 6.92 Å². The van der Waals surface area contributed by atoms with E-state index in [0.717, 1.165) is 11.5 Å². The van der Waals surface area contributed by atoms with Gasteiger partial charge < -0.3 is 4.74 Å². The molecule has 0 saturated carbocycles. The number of carbonyl (C=O) groups is 1. The number of thioether (sulfide) groups is 1. The van der Waals surface area contributed by atoms with Crippen LogP contribution in [0.5, 0.6) is 0 Å². The summed E-state index contributed by atoms with van der Waals surface area (Å²) >= 11 is 1.81. The molecule has 0 unspecified atom stereocenters. The molecule has 0 atom stereocenters. The van der Waals surface area contributed by atoms with Crippen molar-refractivity contribution >= 4 is 17.7 Å². The number of esters is 1. The maximum atomic E-state index is 10.2. The Morgan fingerprint density at radius 3 is 2.50 bits per heavy atom. The molecular formula is C5H8O2S. The van der Waals surface area contributed by atoms with Gasteiger partial charge in [-0.1, -0.05) is 0 Å². The van der Waals surface area contributed by atoms with Crippen molar-refractivity contribution in [1.29, 1.82) is 0 Å². The zero-order valence-electron chi connectivity index (χ0n) is 4.72. The maximum absolute atomic E-state index is 10.2. The highest BCUT2D eigenvalue weighted by atomic mass is 32.2. The van der Waals surface area contributed by atoms with E-state index in [4.69, 9.17) is 4.74 Å². The van der Waals surface area contributed by atoms with Crippen LogP contribution >= 0.6 is 11.8 Å². The van der Waals surface area contributed by atoms with E-state index in [0.29, 0.717) is 0 Å². The van der Waals surface area contributed by atoms with Gasteiger partial charge in [0.05, 0.1) is 0 Å². The zero-order valence-corrected chi connectivity index (χ0v) is 5.53. The highest BCUT2D eigenvalue weighted by Crippen LogP contribution is 2.20. The van der Waals surface area contributed by atoms with Gasteiger partial charge in [0.25, 0.3) is 0 Å². The van der Waals surface area contributed by atoms with Crippen LogP contribution in [0.25, 0.3) is 0 Å². The summed E-state index contributed by atoms with van der Waals surface area (Å²) in [6.45, 7) is 1.45. The molecule has 0 bridgehead atoms. The minimum atomic E-state index is -0.157. The van der Waals surface area contributed by atoms with Crippen molar-refractivity contribution in [3.05, 3.63) is 0 Å². The fourth-order valence-electron chi connectivity index (χ4n) is 0.517. The number of carbonyl (C=O) groups excluding carboxylic acids is 1. The molecule has 0 amide bonds. The predicted octanol–water partition coefficient (Wildman–Crippen LogP) is 0.665. The van der Waals surface area contributed by atoms with E-state index in [1.807, 2.05) is 11.8 Å².